The van der Waals surface area contributed by atoms with Crippen molar-refractivity contribution >= 4 is 0 Å². The lowest BCUT2D eigenvalue weighted by Crippen LogP contribution is -2.33. The lowest BCUT2D eigenvalue weighted by Gasteiger charge is -2.27. The van der Waals surface area contributed by atoms with Crippen LogP contribution in [0.2, 0.25) is 0 Å². The van der Waals surface area contributed by atoms with Crippen LogP contribution in [0.4, 0.5) is 0 Å². The van der Waals surface area contributed by atoms with E-state index in [1.54, 1.807) is 0 Å². The molecule has 0 bridgehead atoms. The zero-order valence-corrected chi connectivity index (χ0v) is 11.9. The number of benzene rings is 1. The number of hydrogen-bond acceptors (Lipinski definition) is 1. The van der Waals surface area contributed by atoms with E-state index in [1.807, 2.05) is 0 Å². The van der Waals surface area contributed by atoms with Crippen molar-refractivity contribution in [2.45, 2.75) is 46.1 Å². The Morgan fingerprint density at radius 2 is 2.11 bits per heavy atom. The first-order valence-electron chi connectivity index (χ1n) is 6.95. The number of rotatable bonds is 6. The van der Waals surface area contributed by atoms with Crippen LogP contribution < -0.4 is 5.32 Å². The zero-order valence-electron chi connectivity index (χ0n) is 11.9. The van der Waals surface area contributed by atoms with Crippen LogP contribution >= 0.6 is 0 Å². The zero-order chi connectivity index (χ0) is 13.2. The molecule has 1 aliphatic carbocycles. The normalized spacial score (nSPS) is 18.4. The van der Waals surface area contributed by atoms with Crippen LogP contribution in [0.5, 0.6) is 0 Å². The predicted octanol–water partition coefficient (Wildman–Crippen LogP) is 3.79. The molecule has 1 aromatic carbocycles. The lowest BCUT2D eigenvalue weighted by atomic mass is 9.82. The molecular weight excluding hydrogens is 218 g/mol. The first-order chi connectivity index (χ1) is 8.52. The fraction of sp³-hybridized carbons (Fsp3) is 0.529. The van der Waals surface area contributed by atoms with Gasteiger partial charge in [0.05, 0.1) is 0 Å². The second-order valence-electron chi connectivity index (χ2n) is 6.12. The maximum absolute atomic E-state index is 4.04. The molecule has 0 radical (unpaired) electrons. The predicted molar refractivity (Wildman–Crippen MR) is 78.9 cm³/mol. The Hall–Kier alpha value is -1.08. The molecule has 1 N–H and O–H groups in total. The fourth-order valence-corrected chi connectivity index (χ4v) is 2.30. The van der Waals surface area contributed by atoms with Crippen molar-refractivity contribution in [3.05, 3.63) is 47.5 Å². The van der Waals surface area contributed by atoms with Gasteiger partial charge in [-0.1, -0.05) is 36.8 Å². The van der Waals surface area contributed by atoms with Crippen LogP contribution in [-0.4, -0.2) is 12.6 Å². The monoisotopic (exact) mass is 243 g/mol. The fourth-order valence-electron chi connectivity index (χ4n) is 2.30. The molecule has 1 unspecified atom stereocenters. The average molecular weight is 243 g/mol. The van der Waals surface area contributed by atoms with Crippen molar-refractivity contribution in [1.82, 2.24) is 5.32 Å². The molecule has 2 rings (SSSR count). The molecule has 0 spiro atoms. The van der Waals surface area contributed by atoms with Gasteiger partial charge in [-0.2, -0.15) is 0 Å². The van der Waals surface area contributed by atoms with Gasteiger partial charge in [-0.25, -0.2) is 0 Å². The van der Waals surface area contributed by atoms with E-state index in [-0.39, 0.29) is 5.41 Å². The molecule has 1 atom stereocenters. The van der Waals surface area contributed by atoms with E-state index >= 15 is 0 Å². The maximum Gasteiger partial charge on any atom is 0.00685 e. The third kappa shape index (κ3) is 3.46. The van der Waals surface area contributed by atoms with Gasteiger partial charge in [0.2, 0.25) is 0 Å². The highest BCUT2D eigenvalue weighted by Gasteiger charge is 2.26. The van der Waals surface area contributed by atoms with Crippen LogP contribution in [0.1, 0.15) is 36.5 Å². The second kappa shape index (κ2) is 5.27. The van der Waals surface area contributed by atoms with Gasteiger partial charge >= 0.3 is 0 Å². The van der Waals surface area contributed by atoms with E-state index in [0.29, 0.717) is 0 Å². The molecule has 1 aliphatic rings. The Balaban J connectivity index is 2.07. The standard InChI is InChI=1S/C17H25N/c1-5-17(4,12-18-16-8-9-16)11-15-10-13(2)6-7-14(15)3/h5-7,10,16,18H,1,8-9,11-12H2,2-4H3. The molecule has 1 nitrogen and oxygen atoms in total. The summed E-state index contributed by atoms with van der Waals surface area (Å²) in [7, 11) is 0. The SMILES string of the molecule is C=CC(C)(CNC1CC1)Cc1cc(C)ccc1C. The summed E-state index contributed by atoms with van der Waals surface area (Å²) < 4.78 is 0. The van der Waals surface area contributed by atoms with Crippen molar-refractivity contribution in [3.63, 3.8) is 0 Å². The Morgan fingerprint density at radius 3 is 2.72 bits per heavy atom. The summed E-state index contributed by atoms with van der Waals surface area (Å²) >= 11 is 0. The van der Waals surface area contributed by atoms with Crippen molar-refractivity contribution < 1.29 is 0 Å². The third-order valence-electron chi connectivity index (χ3n) is 3.96. The van der Waals surface area contributed by atoms with Crippen molar-refractivity contribution in [1.29, 1.82) is 0 Å². The molecular formula is C17H25N. The molecule has 0 heterocycles. The van der Waals surface area contributed by atoms with E-state index in [9.17, 15) is 0 Å². The summed E-state index contributed by atoms with van der Waals surface area (Å²) in [5.74, 6) is 0. The lowest BCUT2D eigenvalue weighted by molar-refractivity contribution is 0.388. The van der Waals surface area contributed by atoms with Crippen LogP contribution in [0.25, 0.3) is 0 Å². The molecule has 18 heavy (non-hydrogen) atoms. The van der Waals surface area contributed by atoms with Gasteiger partial charge in [-0.05, 0) is 44.2 Å². The number of nitrogens with one attached hydrogen (secondary N) is 1. The van der Waals surface area contributed by atoms with Crippen LogP contribution in [0.3, 0.4) is 0 Å². The Morgan fingerprint density at radius 1 is 1.39 bits per heavy atom. The molecule has 0 aromatic heterocycles. The van der Waals surface area contributed by atoms with Crippen LogP contribution in [0, 0.1) is 19.3 Å². The van der Waals surface area contributed by atoms with E-state index < -0.39 is 0 Å². The molecule has 1 aromatic rings. The van der Waals surface area contributed by atoms with Crippen molar-refractivity contribution in [2.24, 2.45) is 5.41 Å². The Kier molecular flexibility index (Phi) is 3.91. The average Bonchev–Trinajstić information content (AvgIpc) is 3.15. The topological polar surface area (TPSA) is 12.0 Å². The molecule has 98 valence electrons. The third-order valence-corrected chi connectivity index (χ3v) is 3.96. The van der Waals surface area contributed by atoms with Gasteiger partial charge in [-0.3, -0.25) is 0 Å². The van der Waals surface area contributed by atoms with E-state index in [0.717, 1.165) is 19.0 Å². The first-order valence-corrected chi connectivity index (χ1v) is 6.95. The highest BCUT2D eigenvalue weighted by Crippen LogP contribution is 2.27. The van der Waals surface area contributed by atoms with Gasteiger partial charge in [0, 0.05) is 18.0 Å². The smallest absolute Gasteiger partial charge is 0.00685 e. The molecule has 1 fully saturated rings. The summed E-state index contributed by atoms with van der Waals surface area (Å²) in [5, 5.41) is 3.63. The van der Waals surface area contributed by atoms with Gasteiger partial charge < -0.3 is 5.32 Å². The van der Waals surface area contributed by atoms with E-state index in [1.165, 1.54) is 29.5 Å². The summed E-state index contributed by atoms with van der Waals surface area (Å²) in [4.78, 5) is 0. The summed E-state index contributed by atoms with van der Waals surface area (Å²) in [6.07, 6.45) is 5.88. The minimum Gasteiger partial charge on any atom is -0.313 e. The molecule has 0 aliphatic heterocycles. The quantitative estimate of drug-likeness (QED) is 0.750. The van der Waals surface area contributed by atoms with Crippen molar-refractivity contribution in [2.75, 3.05) is 6.54 Å². The van der Waals surface area contributed by atoms with Gasteiger partial charge in [0.15, 0.2) is 0 Å². The highest BCUT2D eigenvalue weighted by molar-refractivity contribution is 5.32. The minimum absolute atomic E-state index is 0.154. The van der Waals surface area contributed by atoms with Gasteiger partial charge in [0.25, 0.3) is 0 Å². The highest BCUT2D eigenvalue weighted by atomic mass is 15.0. The Bertz CT molecular complexity index is 431. The molecule has 1 saturated carbocycles. The molecule has 0 amide bonds. The number of aryl methyl sites for hydroxylation is 2. The van der Waals surface area contributed by atoms with Gasteiger partial charge in [-0.15, -0.1) is 6.58 Å². The molecule has 0 saturated heterocycles. The first kappa shape index (κ1) is 13.4. The van der Waals surface area contributed by atoms with Crippen LogP contribution in [-0.2, 0) is 6.42 Å². The van der Waals surface area contributed by atoms with E-state index in [4.69, 9.17) is 0 Å². The van der Waals surface area contributed by atoms with Crippen LogP contribution in [0.15, 0.2) is 30.9 Å². The second-order valence-corrected chi connectivity index (χ2v) is 6.12. The summed E-state index contributed by atoms with van der Waals surface area (Å²) in [6.45, 7) is 11.7. The molecule has 1 heteroatoms. The minimum atomic E-state index is 0.154. The van der Waals surface area contributed by atoms with E-state index in [2.05, 4.69) is 56.9 Å². The summed E-state index contributed by atoms with van der Waals surface area (Å²) in [6, 6.07) is 7.49. The maximum atomic E-state index is 4.04. The van der Waals surface area contributed by atoms with Crippen molar-refractivity contribution in [3.8, 4) is 0 Å². The summed E-state index contributed by atoms with van der Waals surface area (Å²) in [5.41, 5.74) is 4.34. The Labute approximate surface area is 111 Å². The number of hydrogen-bond donors (Lipinski definition) is 1. The largest absolute Gasteiger partial charge is 0.313 e. The van der Waals surface area contributed by atoms with Gasteiger partial charge in [0.1, 0.15) is 0 Å².